The molecule has 0 aliphatic rings. The van der Waals surface area contributed by atoms with Crippen molar-refractivity contribution in [1.82, 2.24) is 9.66 Å². The Morgan fingerprint density at radius 3 is 2.57 bits per heavy atom. The van der Waals surface area contributed by atoms with Gasteiger partial charge in [0.05, 0.1) is 23.7 Å². The second-order valence-corrected chi connectivity index (χ2v) is 8.11. The molecule has 7 nitrogen and oxygen atoms in total. The van der Waals surface area contributed by atoms with E-state index in [1.54, 1.807) is 36.5 Å². The lowest BCUT2D eigenvalue weighted by Crippen LogP contribution is -2.23. The van der Waals surface area contributed by atoms with Crippen LogP contribution in [-0.2, 0) is 6.61 Å². The molecule has 4 aromatic rings. The van der Waals surface area contributed by atoms with Crippen molar-refractivity contribution in [3.05, 3.63) is 92.9 Å². The van der Waals surface area contributed by atoms with E-state index in [4.69, 9.17) is 20.6 Å². The minimum Gasteiger partial charge on any atom is -0.490 e. The van der Waals surface area contributed by atoms with Crippen molar-refractivity contribution in [2.75, 3.05) is 13.2 Å². The molecule has 35 heavy (non-hydrogen) atoms. The summed E-state index contributed by atoms with van der Waals surface area (Å²) in [5.74, 6) is 4.50. The van der Waals surface area contributed by atoms with Gasteiger partial charge in [-0.25, -0.2) is 4.98 Å². The second-order valence-electron chi connectivity index (χ2n) is 7.25. The summed E-state index contributed by atoms with van der Waals surface area (Å²) in [5.41, 5.74) is 0.954. The van der Waals surface area contributed by atoms with Crippen LogP contribution in [0.15, 0.2) is 81.1 Å². The summed E-state index contributed by atoms with van der Waals surface area (Å²) >= 11 is 3.53. The predicted molar refractivity (Wildman–Crippen MR) is 139 cm³/mol. The van der Waals surface area contributed by atoms with E-state index in [1.807, 2.05) is 43.3 Å². The lowest BCUT2D eigenvalue weighted by Gasteiger charge is -2.13. The average molecular weight is 532 g/mol. The first-order chi connectivity index (χ1) is 17.1. The molecule has 0 radical (unpaired) electrons. The fourth-order valence-corrected chi connectivity index (χ4v) is 3.74. The highest BCUT2D eigenvalue weighted by Crippen LogP contribution is 2.33. The third-order valence-corrected chi connectivity index (χ3v) is 5.60. The van der Waals surface area contributed by atoms with E-state index in [9.17, 15) is 4.79 Å². The molecule has 0 atom stereocenters. The van der Waals surface area contributed by atoms with Gasteiger partial charge < -0.3 is 14.2 Å². The molecule has 0 aliphatic carbocycles. The van der Waals surface area contributed by atoms with Gasteiger partial charge in [-0.05, 0) is 59.3 Å². The van der Waals surface area contributed by atoms with Gasteiger partial charge in [-0.3, -0.25) is 4.79 Å². The van der Waals surface area contributed by atoms with Crippen LogP contribution in [0.3, 0.4) is 0 Å². The van der Waals surface area contributed by atoms with Gasteiger partial charge in [0.25, 0.3) is 5.56 Å². The highest BCUT2D eigenvalue weighted by Gasteiger charge is 2.13. The maximum Gasteiger partial charge on any atom is 0.282 e. The Morgan fingerprint density at radius 1 is 1.06 bits per heavy atom. The molecule has 0 amide bonds. The largest absolute Gasteiger partial charge is 0.490 e. The van der Waals surface area contributed by atoms with E-state index in [0.29, 0.717) is 50.6 Å². The van der Waals surface area contributed by atoms with Crippen LogP contribution in [0.25, 0.3) is 10.9 Å². The van der Waals surface area contributed by atoms with E-state index in [0.717, 1.165) is 0 Å². The molecule has 3 aromatic carbocycles. The molecule has 0 spiro atoms. The Bertz CT molecular complexity index is 1460. The topological polar surface area (TPSA) is 74.9 Å². The third-order valence-electron chi connectivity index (χ3n) is 4.92. The summed E-state index contributed by atoms with van der Waals surface area (Å²) in [7, 11) is 0. The van der Waals surface area contributed by atoms with Crippen LogP contribution < -0.4 is 19.8 Å². The van der Waals surface area contributed by atoms with Crippen molar-refractivity contribution in [2.45, 2.75) is 13.5 Å². The quantitative estimate of drug-likeness (QED) is 0.223. The molecule has 1 aromatic heterocycles. The third kappa shape index (κ3) is 5.70. The molecule has 0 saturated carbocycles. The second kappa shape index (κ2) is 11.4. The zero-order valence-corrected chi connectivity index (χ0v) is 20.6. The van der Waals surface area contributed by atoms with Crippen LogP contribution in [0.5, 0.6) is 17.2 Å². The number of hydrogen-bond acceptors (Lipinski definition) is 6. The van der Waals surface area contributed by atoms with Crippen molar-refractivity contribution in [2.24, 2.45) is 5.10 Å². The normalized spacial score (nSPS) is 10.9. The number of para-hydroxylation sites is 2. The molecular formula is C27H22BrN3O4. The zero-order chi connectivity index (χ0) is 24.6. The number of ether oxygens (including phenoxy) is 3. The summed E-state index contributed by atoms with van der Waals surface area (Å²) in [4.78, 5) is 17.9. The van der Waals surface area contributed by atoms with Gasteiger partial charge in [-0.15, -0.1) is 6.42 Å². The molecule has 0 fully saturated rings. The lowest BCUT2D eigenvalue weighted by atomic mass is 10.2. The molecule has 176 valence electrons. The fraction of sp³-hybridized carbons (Fsp3) is 0.148. The number of aromatic nitrogens is 2. The monoisotopic (exact) mass is 531 g/mol. The smallest absolute Gasteiger partial charge is 0.282 e. The number of rotatable bonds is 9. The Labute approximate surface area is 211 Å². The van der Waals surface area contributed by atoms with Crippen LogP contribution in [0.1, 0.15) is 18.3 Å². The number of hydrogen-bond donors (Lipinski definition) is 0. The van der Waals surface area contributed by atoms with Crippen LogP contribution in [0.4, 0.5) is 0 Å². The van der Waals surface area contributed by atoms with Crippen molar-refractivity contribution in [1.29, 1.82) is 0 Å². The van der Waals surface area contributed by atoms with E-state index in [1.165, 1.54) is 4.68 Å². The SMILES string of the molecule is C#CCOc1cc(Br)c(/C=N/n2c(COc3ccccc3)nc3ccccc3c2=O)cc1OCC. The van der Waals surface area contributed by atoms with E-state index < -0.39 is 0 Å². The molecule has 4 rings (SSSR count). The van der Waals surface area contributed by atoms with E-state index in [2.05, 4.69) is 31.9 Å². The first kappa shape index (κ1) is 24.0. The van der Waals surface area contributed by atoms with Crippen molar-refractivity contribution < 1.29 is 14.2 Å². The van der Waals surface area contributed by atoms with Crippen LogP contribution in [0.2, 0.25) is 0 Å². The lowest BCUT2D eigenvalue weighted by molar-refractivity contribution is 0.289. The number of halogens is 1. The molecule has 0 unspecified atom stereocenters. The van der Waals surface area contributed by atoms with Crippen LogP contribution in [-0.4, -0.2) is 29.1 Å². The van der Waals surface area contributed by atoms with Gasteiger partial charge >= 0.3 is 0 Å². The van der Waals surface area contributed by atoms with Crippen molar-refractivity contribution in [3.63, 3.8) is 0 Å². The average Bonchev–Trinajstić information content (AvgIpc) is 2.88. The number of nitrogens with zero attached hydrogens (tertiary/aromatic N) is 3. The predicted octanol–water partition coefficient (Wildman–Crippen LogP) is 5.03. The van der Waals surface area contributed by atoms with Gasteiger partial charge in [-0.1, -0.05) is 36.3 Å². The zero-order valence-electron chi connectivity index (χ0n) is 19.0. The maximum absolute atomic E-state index is 13.3. The Morgan fingerprint density at radius 2 is 1.80 bits per heavy atom. The highest BCUT2D eigenvalue weighted by atomic mass is 79.9. The summed E-state index contributed by atoms with van der Waals surface area (Å²) in [6, 6.07) is 20.0. The minimum absolute atomic E-state index is 0.0612. The van der Waals surface area contributed by atoms with E-state index in [-0.39, 0.29) is 18.8 Å². The molecule has 0 aliphatic heterocycles. The Hall–Kier alpha value is -4.09. The molecule has 0 N–H and O–H groups in total. The molecule has 8 heteroatoms. The Balaban J connectivity index is 1.74. The summed E-state index contributed by atoms with van der Waals surface area (Å²) in [6.45, 7) is 2.49. The minimum atomic E-state index is -0.298. The van der Waals surface area contributed by atoms with Gasteiger partial charge in [0.1, 0.15) is 19.0 Å². The first-order valence-electron chi connectivity index (χ1n) is 10.9. The molecule has 0 saturated heterocycles. The summed E-state index contributed by atoms with van der Waals surface area (Å²) < 4.78 is 19.1. The Kier molecular flexibility index (Phi) is 7.81. The molecule has 0 bridgehead atoms. The highest BCUT2D eigenvalue weighted by molar-refractivity contribution is 9.10. The molecular weight excluding hydrogens is 510 g/mol. The number of benzene rings is 3. The summed E-state index contributed by atoms with van der Waals surface area (Å²) in [5, 5.41) is 4.93. The van der Waals surface area contributed by atoms with Crippen molar-refractivity contribution >= 4 is 33.0 Å². The fourth-order valence-electron chi connectivity index (χ4n) is 3.32. The van der Waals surface area contributed by atoms with Gasteiger partial charge in [0, 0.05) is 10.0 Å². The molecule has 1 heterocycles. The van der Waals surface area contributed by atoms with Crippen LogP contribution in [0, 0.1) is 12.3 Å². The maximum atomic E-state index is 13.3. The van der Waals surface area contributed by atoms with Gasteiger partial charge in [-0.2, -0.15) is 9.78 Å². The summed E-state index contributed by atoms with van der Waals surface area (Å²) in [6.07, 6.45) is 6.87. The first-order valence-corrected chi connectivity index (χ1v) is 11.7. The van der Waals surface area contributed by atoms with Crippen molar-refractivity contribution in [3.8, 4) is 29.6 Å². The van der Waals surface area contributed by atoms with Gasteiger partial charge in [0.2, 0.25) is 0 Å². The van der Waals surface area contributed by atoms with E-state index >= 15 is 0 Å². The number of fused-ring (bicyclic) bond motifs is 1. The van der Waals surface area contributed by atoms with Gasteiger partial charge in [0.15, 0.2) is 17.3 Å². The number of terminal acetylenes is 1. The van der Waals surface area contributed by atoms with Crippen LogP contribution >= 0.6 is 15.9 Å². The standard InChI is InChI=1S/C27H22BrN3O4/c1-3-14-34-25-16-22(28)19(15-24(25)33-4-2)17-29-31-26(18-35-20-10-6-5-7-11-20)30-23-13-9-8-12-21(23)27(31)32/h1,5-13,15-17H,4,14,18H2,2H3/b29-17+.